The van der Waals surface area contributed by atoms with Crippen molar-refractivity contribution < 1.29 is 4.79 Å². The number of hydrazine groups is 1. The molecule has 0 bridgehead atoms. The van der Waals surface area contributed by atoms with E-state index in [0.717, 1.165) is 21.9 Å². The summed E-state index contributed by atoms with van der Waals surface area (Å²) in [5.41, 5.74) is 10.1. The van der Waals surface area contributed by atoms with E-state index in [-0.39, 0.29) is 18.0 Å². The quantitative estimate of drug-likeness (QED) is 0.499. The molecule has 7 heteroatoms. The van der Waals surface area contributed by atoms with Gasteiger partial charge in [0.25, 0.3) is 0 Å². The first-order valence-corrected chi connectivity index (χ1v) is 10.0. The lowest BCUT2D eigenvalue weighted by Crippen LogP contribution is -2.39. The zero-order valence-corrected chi connectivity index (χ0v) is 15.8. The van der Waals surface area contributed by atoms with Crippen LogP contribution in [0.25, 0.3) is 16.2 Å². The highest BCUT2D eigenvalue weighted by Crippen LogP contribution is 2.25. The second kappa shape index (κ2) is 7.20. The molecule has 1 saturated heterocycles. The van der Waals surface area contributed by atoms with Crippen LogP contribution in [0, 0.1) is 0 Å². The van der Waals surface area contributed by atoms with Crippen LogP contribution in [0.2, 0.25) is 0 Å². The van der Waals surface area contributed by atoms with E-state index >= 15 is 0 Å². The highest BCUT2D eigenvalue weighted by Gasteiger charge is 2.30. The Bertz CT molecular complexity index is 1090. The van der Waals surface area contributed by atoms with Gasteiger partial charge in [-0.15, -0.1) is 11.3 Å². The van der Waals surface area contributed by atoms with Gasteiger partial charge in [0.15, 0.2) is 4.96 Å². The number of carbonyl (C=O) groups is 1. The number of hydrogen-bond donors (Lipinski definition) is 3. The molecule has 1 aliphatic heterocycles. The van der Waals surface area contributed by atoms with Crippen LogP contribution in [-0.2, 0) is 4.79 Å². The number of imidazole rings is 1. The number of nitrogens with one attached hydrogen (secondary N) is 3. The van der Waals surface area contributed by atoms with E-state index in [4.69, 9.17) is 0 Å². The van der Waals surface area contributed by atoms with Crippen molar-refractivity contribution in [2.24, 2.45) is 0 Å². The van der Waals surface area contributed by atoms with Gasteiger partial charge in [0.05, 0.1) is 5.69 Å². The van der Waals surface area contributed by atoms with Crippen molar-refractivity contribution in [1.29, 1.82) is 0 Å². The number of thiazole rings is 1. The number of amides is 1. The molecule has 5 rings (SSSR count). The molecule has 3 heterocycles. The van der Waals surface area contributed by atoms with Crippen LogP contribution in [-0.4, -0.2) is 21.3 Å². The van der Waals surface area contributed by atoms with Crippen molar-refractivity contribution in [3.05, 3.63) is 77.9 Å². The van der Waals surface area contributed by atoms with E-state index < -0.39 is 0 Å². The van der Waals surface area contributed by atoms with Gasteiger partial charge in [-0.25, -0.2) is 15.8 Å². The average molecular weight is 389 g/mol. The maximum atomic E-state index is 12.7. The number of hydrogen-bond acceptors (Lipinski definition) is 5. The highest BCUT2D eigenvalue weighted by molar-refractivity contribution is 7.15. The fourth-order valence-corrected chi connectivity index (χ4v) is 4.18. The molecule has 2 aromatic carbocycles. The smallest absolute Gasteiger partial charge is 0.242 e. The van der Waals surface area contributed by atoms with Crippen molar-refractivity contribution in [1.82, 2.24) is 20.2 Å². The number of aromatic nitrogens is 2. The number of rotatable bonds is 4. The molecule has 3 N–H and O–H groups in total. The van der Waals surface area contributed by atoms with Crippen LogP contribution in [0.3, 0.4) is 0 Å². The standard InChI is InChI=1S/C21H19N5OS/c27-20(18-12-17(24-25-18)14-5-2-1-3-6-14)22-16-8-4-7-15(11-16)19-13-26-9-10-28-21(26)23-19/h1-11,13,17-18,24-25H,12H2,(H,22,27). The Labute approximate surface area is 166 Å². The first kappa shape index (κ1) is 17.1. The van der Waals surface area contributed by atoms with Crippen molar-refractivity contribution in [3.8, 4) is 11.3 Å². The van der Waals surface area contributed by atoms with Gasteiger partial charge in [-0.05, 0) is 24.1 Å². The minimum atomic E-state index is -0.285. The summed E-state index contributed by atoms with van der Waals surface area (Å²) in [6, 6.07) is 17.8. The van der Waals surface area contributed by atoms with Gasteiger partial charge in [-0.1, -0.05) is 42.5 Å². The molecular weight excluding hydrogens is 370 g/mol. The van der Waals surface area contributed by atoms with Crippen LogP contribution in [0.4, 0.5) is 5.69 Å². The molecule has 1 fully saturated rings. The largest absolute Gasteiger partial charge is 0.325 e. The number of anilines is 1. The maximum Gasteiger partial charge on any atom is 0.242 e. The third-order valence-corrected chi connectivity index (χ3v) is 5.71. The Hall–Kier alpha value is -3.00. The normalized spacial score (nSPS) is 19.1. The van der Waals surface area contributed by atoms with E-state index in [9.17, 15) is 4.79 Å². The first-order valence-electron chi connectivity index (χ1n) is 9.16. The Morgan fingerprint density at radius 2 is 2.04 bits per heavy atom. The minimum Gasteiger partial charge on any atom is -0.325 e. The monoisotopic (exact) mass is 389 g/mol. The Kier molecular flexibility index (Phi) is 4.40. The van der Waals surface area contributed by atoms with Gasteiger partial charge in [0.2, 0.25) is 5.91 Å². The minimum absolute atomic E-state index is 0.0473. The van der Waals surface area contributed by atoms with Gasteiger partial charge < -0.3 is 5.32 Å². The SMILES string of the molecule is O=C(Nc1cccc(-c2cn3ccsc3n2)c1)C1CC(c2ccccc2)NN1. The number of nitrogens with zero attached hydrogens (tertiary/aromatic N) is 2. The molecule has 0 radical (unpaired) electrons. The molecular formula is C21H19N5OS. The Morgan fingerprint density at radius 1 is 1.14 bits per heavy atom. The van der Waals surface area contributed by atoms with Crippen LogP contribution in [0.1, 0.15) is 18.0 Å². The molecule has 0 saturated carbocycles. The Balaban J connectivity index is 1.28. The zero-order chi connectivity index (χ0) is 18.9. The molecule has 140 valence electrons. The molecule has 6 nitrogen and oxygen atoms in total. The summed E-state index contributed by atoms with van der Waals surface area (Å²) in [4.78, 5) is 18.3. The second-order valence-electron chi connectivity index (χ2n) is 6.83. The molecule has 2 unspecified atom stereocenters. The van der Waals surface area contributed by atoms with Crippen molar-refractivity contribution >= 4 is 27.9 Å². The lowest BCUT2D eigenvalue weighted by Gasteiger charge is -2.11. The third-order valence-electron chi connectivity index (χ3n) is 4.94. The molecule has 2 aromatic heterocycles. The molecule has 4 aromatic rings. The fourth-order valence-electron chi connectivity index (χ4n) is 3.48. The Morgan fingerprint density at radius 3 is 2.89 bits per heavy atom. The molecule has 2 atom stereocenters. The first-order chi connectivity index (χ1) is 13.8. The molecule has 1 aliphatic rings. The van der Waals surface area contributed by atoms with E-state index in [1.165, 1.54) is 5.56 Å². The molecule has 1 amide bonds. The number of fused-ring (bicyclic) bond motifs is 1. The predicted octanol–water partition coefficient (Wildman–Crippen LogP) is 3.61. The van der Waals surface area contributed by atoms with Crippen LogP contribution in [0.5, 0.6) is 0 Å². The molecule has 0 spiro atoms. The summed E-state index contributed by atoms with van der Waals surface area (Å²) in [5.74, 6) is -0.0473. The summed E-state index contributed by atoms with van der Waals surface area (Å²) >= 11 is 1.60. The van der Waals surface area contributed by atoms with Crippen LogP contribution < -0.4 is 16.2 Å². The summed E-state index contributed by atoms with van der Waals surface area (Å²) in [7, 11) is 0. The van der Waals surface area contributed by atoms with Gasteiger partial charge in [-0.2, -0.15) is 0 Å². The summed E-state index contributed by atoms with van der Waals surface area (Å²) in [6.07, 6.45) is 4.69. The number of carbonyl (C=O) groups excluding carboxylic acids is 1. The maximum absolute atomic E-state index is 12.7. The summed E-state index contributed by atoms with van der Waals surface area (Å²) < 4.78 is 2.00. The van der Waals surface area contributed by atoms with Gasteiger partial charge in [0, 0.05) is 35.1 Å². The van der Waals surface area contributed by atoms with Crippen LogP contribution in [0.15, 0.2) is 72.4 Å². The fraction of sp³-hybridized carbons (Fsp3) is 0.143. The molecule has 28 heavy (non-hydrogen) atoms. The van der Waals surface area contributed by atoms with Crippen molar-refractivity contribution in [3.63, 3.8) is 0 Å². The van der Waals surface area contributed by atoms with E-state index in [2.05, 4.69) is 33.3 Å². The second-order valence-corrected chi connectivity index (χ2v) is 7.70. The van der Waals surface area contributed by atoms with Crippen molar-refractivity contribution in [2.75, 3.05) is 5.32 Å². The zero-order valence-electron chi connectivity index (χ0n) is 15.0. The van der Waals surface area contributed by atoms with Gasteiger partial charge in [-0.3, -0.25) is 9.20 Å². The lowest BCUT2D eigenvalue weighted by molar-refractivity contribution is -0.117. The van der Waals surface area contributed by atoms with Crippen molar-refractivity contribution in [2.45, 2.75) is 18.5 Å². The van der Waals surface area contributed by atoms with E-state index in [1.807, 2.05) is 64.6 Å². The highest BCUT2D eigenvalue weighted by atomic mass is 32.1. The molecule has 0 aliphatic carbocycles. The predicted molar refractivity (Wildman–Crippen MR) is 111 cm³/mol. The van der Waals surface area contributed by atoms with Gasteiger partial charge >= 0.3 is 0 Å². The summed E-state index contributed by atoms with van der Waals surface area (Å²) in [6.45, 7) is 0. The van der Waals surface area contributed by atoms with E-state index in [0.29, 0.717) is 6.42 Å². The average Bonchev–Trinajstić information content (AvgIpc) is 3.45. The lowest BCUT2D eigenvalue weighted by atomic mass is 10.0. The topological polar surface area (TPSA) is 70.5 Å². The number of benzene rings is 2. The third kappa shape index (κ3) is 3.31. The summed E-state index contributed by atoms with van der Waals surface area (Å²) in [5, 5.41) is 5.03. The van der Waals surface area contributed by atoms with E-state index in [1.54, 1.807) is 11.3 Å². The van der Waals surface area contributed by atoms with Crippen LogP contribution >= 0.6 is 11.3 Å². The van der Waals surface area contributed by atoms with Gasteiger partial charge in [0.1, 0.15) is 6.04 Å².